The van der Waals surface area contributed by atoms with Crippen LogP contribution in [0.5, 0.6) is 5.75 Å². The lowest BCUT2D eigenvalue weighted by molar-refractivity contribution is 0.113. The van der Waals surface area contributed by atoms with Crippen LogP contribution in [0.1, 0.15) is 63.9 Å². The Kier molecular flexibility index (Phi) is 8.00. The Morgan fingerprint density at radius 2 is 1.84 bits per heavy atom. The Morgan fingerprint density at radius 1 is 1.06 bits per heavy atom. The molecule has 2 aliphatic heterocycles. The van der Waals surface area contributed by atoms with E-state index in [9.17, 15) is 4.79 Å². The van der Waals surface area contributed by atoms with E-state index >= 15 is 0 Å². The zero-order valence-electron chi connectivity index (χ0n) is 19.0. The van der Waals surface area contributed by atoms with Gasteiger partial charge >= 0.3 is 6.03 Å². The fourth-order valence-corrected chi connectivity index (χ4v) is 5.76. The molecular weight excluding hydrogens is 410 g/mol. The Morgan fingerprint density at radius 3 is 2.55 bits per heavy atom. The number of carbonyl (C=O) groups is 1. The van der Waals surface area contributed by atoms with Gasteiger partial charge in [0, 0.05) is 30.2 Å². The minimum atomic E-state index is 0.168. The molecule has 1 atom stereocenters. The molecule has 1 N–H and O–H groups in total. The zero-order valence-corrected chi connectivity index (χ0v) is 19.7. The fourth-order valence-electron chi connectivity index (χ4n) is 5.56. The van der Waals surface area contributed by atoms with Crippen LogP contribution in [0.2, 0.25) is 5.02 Å². The average Bonchev–Trinajstić information content (AvgIpc) is 2.78. The highest BCUT2D eigenvalue weighted by Gasteiger charge is 2.32. The number of rotatable bonds is 7. The molecule has 0 bridgehead atoms. The van der Waals surface area contributed by atoms with Crippen LogP contribution in [0, 0.1) is 5.92 Å². The van der Waals surface area contributed by atoms with E-state index < -0.39 is 0 Å². The molecule has 1 saturated carbocycles. The number of hydrogen-bond acceptors (Lipinski definition) is 3. The van der Waals surface area contributed by atoms with Crippen molar-refractivity contribution in [2.24, 2.45) is 5.92 Å². The number of urea groups is 1. The summed E-state index contributed by atoms with van der Waals surface area (Å²) < 4.78 is 5.64. The fraction of sp³-hybridized carbons (Fsp3) is 0.720. The van der Waals surface area contributed by atoms with Gasteiger partial charge < -0.3 is 19.9 Å². The highest BCUT2D eigenvalue weighted by Crippen LogP contribution is 2.29. The van der Waals surface area contributed by atoms with Crippen LogP contribution in [0.4, 0.5) is 4.79 Å². The first-order chi connectivity index (χ1) is 15.1. The van der Waals surface area contributed by atoms with Gasteiger partial charge in [0.2, 0.25) is 0 Å². The predicted octanol–water partition coefficient (Wildman–Crippen LogP) is 5.11. The lowest BCUT2D eigenvalue weighted by Crippen LogP contribution is -2.58. The van der Waals surface area contributed by atoms with Crippen LogP contribution in [0.25, 0.3) is 0 Å². The van der Waals surface area contributed by atoms with Crippen LogP contribution in [-0.4, -0.2) is 60.7 Å². The minimum absolute atomic E-state index is 0.168. The molecule has 3 aliphatic rings. The number of benzene rings is 1. The van der Waals surface area contributed by atoms with Crippen molar-refractivity contribution in [3.63, 3.8) is 0 Å². The largest absolute Gasteiger partial charge is 0.494 e. The molecule has 0 spiro atoms. The maximum absolute atomic E-state index is 12.7. The monoisotopic (exact) mass is 447 g/mol. The molecule has 1 aromatic carbocycles. The summed E-state index contributed by atoms with van der Waals surface area (Å²) in [6.07, 6.45) is 10.7. The van der Waals surface area contributed by atoms with Crippen molar-refractivity contribution < 1.29 is 9.53 Å². The van der Waals surface area contributed by atoms with Crippen molar-refractivity contribution in [3.05, 3.63) is 28.8 Å². The maximum atomic E-state index is 12.7. The van der Waals surface area contributed by atoms with Crippen LogP contribution in [0.15, 0.2) is 18.2 Å². The summed E-state index contributed by atoms with van der Waals surface area (Å²) in [6.45, 7) is 6.80. The second kappa shape index (κ2) is 10.9. The summed E-state index contributed by atoms with van der Waals surface area (Å²) in [7, 11) is 0. The quantitative estimate of drug-likeness (QED) is 0.631. The van der Waals surface area contributed by atoms with E-state index in [1.165, 1.54) is 50.5 Å². The average molecular weight is 448 g/mol. The van der Waals surface area contributed by atoms with Crippen molar-refractivity contribution in [2.45, 2.75) is 76.8 Å². The number of nitrogens with zero attached hydrogens (tertiary/aromatic N) is 2. The number of halogens is 1. The van der Waals surface area contributed by atoms with Gasteiger partial charge in [-0.15, -0.1) is 0 Å². The van der Waals surface area contributed by atoms with Gasteiger partial charge in [-0.2, -0.15) is 0 Å². The number of carbonyl (C=O) groups excluding carboxylic acids is 1. The molecule has 6 heteroatoms. The van der Waals surface area contributed by atoms with Crippen molar-refractivity contribution >= 4 is 17.6 Å². The summed E-state index contributed by atoms with van der Waals surface area (Å²) in [5.74, 6) is 1.57. The van der Waals surface area contributed by atoms with Gasteiger partial charge in [-0.05, 0) is 88.2 Å². The van der Waals surface area contributed by atoms with Crippen LogP contribution < -0.4 is 10.1 Å². The maximum Gasteiger partial charge on any atom is 0.317 e. The normalized spacial score (nSPS) is 24.3. The van der Waals surface area contributed by atoms with Crippen molar-refractivity contribution in [1.82, 2.24) is 15.1 Å². The first-order valence-corrected chi connectivity index (χ1v) is 12.7. The molecule has 2 amide bonds. The smallest absolute Gasteiger partial charge is 0.317 e. The summed E-state index contributed by atoms with van der Waals surface area (Å²) in [5.41, 5.74) is 1.20. The van der Waals surface area contributed by atoms with Gasteiger partial charge in [0.05, 0.1) is 6.61 Å². The van der Waals surface area contributed by atoms with Gasteiger partial charge in [-0.25, -0.2) is 4.79 Å². The van der Waals surface area contributed by atoms with Gasteiger partial charge in [0.25, 0.3) is 0 Å². The summed E-state index contributed by atoms with van der Waals surface area (Å²) >= 11 is 6.44. The summed E-state index contributed by atoms with van der Waals surface area (Å²) in [4.78, 5) is 17.3. The number of nitrogens with one attached hydrogen (secondary N) is 1. The predicted molar refractivity (Wildman–Crippen MR) is 126 cm³/mol. The SMILES string of the molecule is CCOc1ccc(Cl)c(CC2CCN(CC3CCN(C4CCCCC4)C(=O)N3)CC2)c1. The molecule has 2 saturated heterocycles. The van der Waals surface area contributed by atoms with E-state index in [-0.39, 0.29) is 6.03 Å². The Bertz CT molecular complexity index is 729. The Hall–Kier alpha value is -1.46. The highest BCUT2D eigenvalue weighted by molar-refractivity contribution is 6.31. The van der Waals surface area contributed by atoms with Gasteiger partial charge in [-0.3, -0.25) is 0 Å². The number of likely N-dealkylation sites (tertiary alicyclic amines) is 1. The van der Waals surface area contributed by atoms with Crippen molar-refractivity contribution in [3.8, 4) is 5.75 Å². The van der Waals surface area contributed by atoms with Crippen LogP contribution in [-0.2, 0) is 6.42 Å². The molecule has 1 unspecified atom stereocenters. The molecule has 0 aromatic heterocycles. The number of amides is 2. The molecular formula is C25H38ClN3O2. The van der Waals surface area contributed by atoms with E-state index in [1.54, 1.807) is 0 Å². The molecule has 4 rings (SSSR count). The molecule has 3 fully saturated rings. The first kappa shape index (κ1) is 22.7. The van der Waals surface area contributed by atoms with Gasteiger partial charge in [-0.1, -0.05) is 30.9 Å². The number of hydrogen-bond donors (Lipinski definition) is 1. The van der Waals surface area contributed by atoms with E-state index in [0.29, 0.717) is 24.6 Å². The second-order valence-electron chi connectivity index (χ2n) is 9.55. The van der Waals surface area contributed by atoms with Gasteiger partial charge in [0.15, 0.2) is 0 Å². The van der Waals surface area contributed by atoms with E-state index in [1.807, 2.05) is 19.1 Å². The highest BCUT2D eigenvalue weighted by atomic mass is 35.5. The number of piperidine rings is 1. The van der Waals surface area contributed by atoms with Crippen LogP contribution >= 0.6 is 11.6 Å². The third kappa shape index (κ3) is 6.07. The lowest BCUT2D eigenvalue weighted by Gasteiger charge is -2.41. The topological polar surface area (TPSA) is 44.8 Å². The van der Waals surface area contributed by atoms with E-state index in [0.717, 1.165) is 49.8 Å². The third-order valence-corrected chi connectivity index (χ3v) is 7.71. The zero-order chi connectivity index (χ0) is 21.6. The molecule has 5 nitrogen and oxygen atoms in total. The third-order valence-electron chi connectivity index (χ3n) is 7.34. The lowest BCUT2D eigenvalue weighted by atomic mass is 9.89. The van der Waals surface area contributed by atoms with Crippen molar-refractivity contribution in [1.29, 1.82) is 0 Å². The van der Waals surface area contributed by atoms with Crippen molar-refractivity contribution in [2.75, 3.05) is 32.8 Å². The standard InChI is InChI=1S/C25H38ClN3O2/c1-2-31-23-8-9-24(26)20(17-23)16-19-10-13-28(14-11-19)18-21-12-15-29(25(30)27-21)22-6-4-3-5-7-22/h8-9,17,19,21-22H,2-7,10-16,18H2,1H3,(H,27,30). The first-order valence-electron chi connectivity index (χ1n) is 12.3. The molecule has 2 heterocycles. The minimum Gasteiger partial charge on any atom is -0.494 e. The molecule has 172 valence electrons. The number of ether oxygens (including phenoxy) is 1. The Balaban J connectivity index is 1.21. The van der Waals surface area contributed by atoms with E-state index in [4.69, 9.17) is 16.3 Å². The molecule has 0 radical (unpaired) electrons. The Labute approximate surface area is 192 Å². The molecule has 1 aromatic rings. The molecule has 31 heavy (non-hydrogen) atoms. The van der Waals surface area contributed by atoms with Gasteiger partial charge in [0.1, 0.15) is 5.75 Å². The second-order valence-corrected chi connectivity index (χ2v) is 9.96. The van der Waals surface area contributed by atoms with Crippen LogP contribution in [0.3, 0.4) is 0 Å². The summed E-state index contributed by atoms with van der Waals surface area (Å²) in [5, 5.41) is 4.15. The molecule has 1 aliphatic carbocycles. The van der Waals surface area contributed by atoms with E-state index in [2.05, 4.69) is 21.2 Å². The summed E-state index contributed by atoms with van der Waals surface area (Å²) in [6, 6.07) is 6.94.